The zero-order chi connectivity index (χ0) is 24.1. The van der Waals surface area contributed by atoms with Crippen molar-refractivity contribution in [3.8, 4) is 11.3 Å². The molecule has 1 amide bonds. The van der Waals surface area contributed by atoms with E-state index in [1.165, 1.54) is 19.3 Å². The summed E-state index contributed by atoms with van der Waals surface area (Å²) in [6, 6.07) is 17.5. The number of rotatable bonds is 8. The average Bonchev–Trinajstić information content (AvgIpc) is 2.83. The lowest BCUT2D eigenvalue weighted by Gasteiger charge is -2.28. The fraction of sp³-hybridized carbons (Fsp3) is 0.407. The molecule has 1 aliphatic carbocycles. The predicted octanol–water partition coefficient (Wildman–Crippen LogP) is 4.58. The highest BCUT2D eigenvalue weighted by molar-refractivity contribution is 7.88. The Bertz CT molecular complexity index is 1250. The van der Waals surface area contributed by atoms with Gasteiger partial charge in [0.2, 0.25) is 15.9 Å². The summed E-state index contributed by atoms with van der Waals surface area (Å²) >= 11 is 0. The minimum absolute atomic E-state index is 0.0472. The van der Waals surface area contributed by atoms with Gasteiger partial charge < -0.3 is 5.32 Å². The number of hydrogen-bond acceptors (Lipinski definition) is 4. The van der Waals surface area contributed by atoms with Crippen molar-refractivity contribution >= 4 is 26.8 Å². The zero-order valence-electron chi connectivity index (χ0n) is 19.9. The minimum Gasteiger partial charge on any atom is -0.353 e. The minimum atomic E-state index is -3.43. The molecule has 34 heavy (non-hydrogen) atoms. The molecule has 0 saturated heterocycles. The molecule has 1 fully saturated rings. The Morgan fingerprint density at radius 1 is 1.00 bits per heavy atom. The molecular formula is C27H33N3O3S. The molecule has 7 heteroatoms. The molecule has 1 aliphatic rings. The highest BCUT2D eigenvalue weighted by Crippen LogP contribution is 2.31. The van der Waals surface area contributed by atoms with Gasteiger partial charge in [0, 0.05) is 23.5 Å². The molecule has 180 valence electrons. The summed E-state index contributed by atoms with van der Waals surface area (Å²) in [5, 5.41) is 4.09. The van der Waals surface area contributed by atoms with E-state index in [1.54, 1.807) is 0 Å². The third-order valence-electron chi connectivity index (χ3n) is 6.75. The first-order valence-corrected chi connectivity index (χ1v) is 13.9. The van der Waals surface area contributed by atoms with Crippen molar-refractivity contribution in [3.63, 3.8) is 0 Å². The fourth-order valence-electron chi connectivity index (χ4n) is 4.97. The van der Waals surface area contributed by atoms with Crippen LogP contribution in [0.25, 0.3) is 22.2 Å². The molecule has 1 heterocycles. The number of para-hydroxylation sites is 1. The van der Waals surface area contributed by atoms with Gasteiger partial charge in [0.1, 0.15) is 0 Å². The van der Waals surface area contributed by atoms with Crippen LogP contribution in [0, 0.1) is 5.92 Å². The molecule has 0 aliphatic heterocycles. The smallest absolute Gasteiger partial charge is 0.224 e. The second-order valence-electron chi connectivity index (χ2n) is 9.33. The Labute approximate surface area is 202 Å². The standard InChI is InChI=1S/C27H33N3O3S/c1-19(20-11-5-3-6-12-20)29-26(31)17-23-22-15-9-10-16-25(22)30-27(21-13-7-4-8-14-21)24(23)18-28-34(2,32)33/h4,7-10,13-16,19-20,28H,3,5-6,11-12,17-18H2,1-2H3,(H,29,31)/t19-/m0/s1. The molecule has 1 saturated carbocycles. The normalized spacial score (nSPS) is 15.8. The van der Waals surface area contributed by atoms with Crippen molar-refractivity contribution in [2.24, 2.45) is 5.92 Å². The highest BCUT2D eigenvalue weighted by atomic mass is 32.2. The van der Waals surface area contributed by atoms with Crippen LogP contribution in [0.1, 0.15) is 50.2 Å². The first-order valence-electron chi connectivity index (χ1n) is 12.0. The third-order valence-corrected chi connectivity index (χ3v) is 7.42. The number of nitrogens with one attached hydrogen (secondary N) is 2. The molecule has 6 nitrogen and oxygen atoms in total. The Hall–Kier alpha value is -2.77. The molecule has 0 radical (unpaired) electrons. The highest BCUT2D eigenvalue weighted by Gasteiger charge is 2.24. The van der Waals surface area contributed by atoms with Gasteiger partial charge in [-0.15, -0.1) is 0 Å². The monoisotopic (exact) mass is 479 g/mol. The number of pyridine rings is 1. The maximum Gasteiger partial charge on any atom is 0.224 e. The van der Waals surface area contributed by atoms with Crippen LogP contribution in [0.5, 0.6) is 0 Å². The molecule has 1 atom stereocenters. The SMILES string of the molecule is C[C@H](NC(=O)Cc1c(CNS(C)(=O)=O)c(-c2ccccc2)nc2ccccc12)C1CCCCC1. The van der Waals surface area contributed by atoms with E-state index in [2.05, 4.69) is 17.0 Å². The van der Waals surface area contributed by atoms with E-state index in [0.717, 1.165) is 46.7 Å². The first-order chi connectivity index (χ1) is 16.3. The quantitative estimate of drug-likeness (QED) is 0.495. The Kier molecular flexibility index (Phi) is 7.63. The second kappa shape index (κ2) is 10.7. The Balaban J connectivity index is 1.74. The Morgan fingerprint density at radius 3 is 2.38 bits per heavy atom. The lowest BCUT2D eigenvalue weighted by Crippen LogP contribution is -2.39. The van der Waals surface area contributed by atoms with Crippen molar-refractivity contribution in [2.45, 2.75) is 58.0 Å². The van der Waals surface area contributed by atoms with Crippen molar-refractivity contribution in [1.82, 2.24) is 15.0 Å². The van der Waals surface area contributed by atoms with Crippen LogP contribution in [0.15, 0.2) is 54.6 Å². The third kappa shape index (κ3) is 6.02. The summed E-state index contributed by atoms with van der Waals surface area (Å²) in [5.74, 6) is 0.465. The number of nitrogens with zero attached hydrogens (tertiary/aromatic N) is 1. The van der Waals surface area contributed by atoms with Gasteiger partial charge in [-0.2, -0.15) is 0 Å². The largest absolute Gasteiger partial charge is 0.353 e. The van der Waals surface area contributed by atoms with Gasteiger partial charge in [-0.1, -0.05) is 67.8 Å². The van der Waals surface area contributed by atoms with Gasteiger partial charge in [-0.05, 0) is 42.9 Å². The molecule has 4 rings (SSSR count). The number of carbonyl (C=O) groups excluding carboxylic acids is 1. The van der Waals surface area contributed by atoms with Crippen LogP contribution in [-0.4, -0.2) is 31.6 Å². The zero-order valence-corrected chi connectivity index (χ0v) is 20.7. The number of fused-ring (bicyclic) bond motifs is 1. The fourth-order valence-corrected chi connectivity index (χ4v) is 5.37. The molecule has 0 unspecified atom stereocenters. The number of carbonyl (C=O) groups is 1. The second-order valence-corrected chi connectivity index (χ2v) is 11.2. The van der Waals surface area contributed by atoms with E-state index < -0.39 is 10.0 Å². The molecular weight excluding hydrogens is 446 g/mol. The van der Waals surface area contributed by atoms with E-state index >= 15 is 0 Å². The molecule has 3 aromatic rings. The molecule has 2 N–H and O–H groups in total. The van der Waals surface area contributed by atoms with Gasteiger partial charge in [0.25, 0.3) is 0 Å². The van der Waals surface area contributed by atoms with Crippen LogP contribution < -0.4 is 10.0 Å². The average molecular weight is 480 g/mol. The van der Waals surface area contributed by atoms with Crippen LogP contribution in [0.3, 0.4) is 0 Å². The molecule has 0 spiro atoms. The van der Waals surface area contributed by atoms with Gasteiger partial charge in [-0.25, -0.2) is 18.1 Å². The summed E-state index contributed by atoms with van der Waals surface area (Å²) in [7, 11) is -3.43. The van der Waals surface area contributed by atoms with E-state index in [-0.39, 0.29) is 24.9 Å². The lowest BCUT2D eigenvalue weighted by atomic mass is 9.84. The van der Waals surface area contributed by atoms with Crippen molar-refractivity contribution in [3.05, 3.63) is 65.7 Å². The lowest BCUT2D eigenvalue weighted by molar-refractivity contribution is -0.121. The first kappa shape index (κ1) is 24.4. The van der Waals surface area contributed by atoms with E-state index in [4.69, 9.17) is 4.98 Å². The number of hydrogen-bond donors (Lipinski definition) is 2. The van der Waals surface area contributed by atoms with Crippen molar-refractivity contribution in [1.29, 1.82) is 0 Å². The van der Waals surface area contributed by atoms with Gasteiger partial charge in [0.15, 0.2) is 0 Å². The number of sulfonamides is 1. The number of amides is 1. The van der Waals surface area contributed by atoms with Crippen molar-refractivity contribution in [2.75, 3.05) is 6.26 Å². The topological polar surface area (TPSA) is 88.2 Å². The summed E-state index contributed by atoms with van der Waals surface area (Å²) in [6.07, 6.45) is 7.34. The summed E-state index contributed by atoms with van der Waals surface area (Å²) in [6.45, 7) is 2.17. The van der Waals surface area contributed by atoms with Crippen LogP contribution in [0.2, 0.25) is 0 Å². The van der Waals surface area contributed by atoms with Crippen molar-refractivity contribution < 1.29 is 13.2 Å². The molecule has 2 aromatic carbocycles. The maximum atomic E-state index is 13.2. The van der Waals surface area contributed by atoms with Gasteiger partial charge in [0.05, 0.1) is 23.9 Å². The summed E-state index contributed by atoms with van der Waals surface area (Å²) < 4.78 is 26.5. The van der Waals surface area contributed by atoms with Gasteiger partial charge in [-0.3, -0.25) is 4.79 Å². The van der Waals surface area contributed by atoms with Gasteiger partial charge >= 0.3 is 0 Å². The number of aromatic nitrogens is 1. The Morgan fingerprint density at radius 2 is 1.68 bits per heavy atom. The summed E-state index contributed by atoms with van der Waals surface area (Å²) in [5.41, 5.74) is 3.91. The number of benzene rings is 2. The maximum absolute atomic E-state index is 13.2. The van der Waals surface area contributed by atoms with E-state index in [1.807, 2.05) is 54.6 Å². The summed E-state index contributed by atoms with van der Waals surface area (Å²) in [4.78, 5) is 18.1. The van der Waals surface area contributed by atoms with Crippen LogP contribution >= 0.6 is 0 Å². The predicted molar refractivity (Wildman–Crippen MR) is 137 cm³/mol. The van der Waals surface area contributed by atoms with Crippen LogP contribution in [0.4, 0.5) is 0 Å². The molecule has 1 aromatic heterocycles. The van der Waals surface area contributed by atoms with Crippen LogP contribution in [-0.2, 0) is 27.8 Å². The van der Waals surface area contributed by atoms with E-state index in [0.29, 0.717) is 11.6 Å². The van der Waals surface area contributed by atoms with E-state index in [9.17, 15) is 13.2 Å². The molecule has 0 bridgehead atoms.